The average Bonchev–Trinajstić information content (AvgIpc) is 4.17. The first-order valence-corrected chi connectivity index (χ1v) is 27.8. The van der Waals surface area contributed by atoms with Crippen molar-refractivity contribution in [1.29, 1.82) is 0 Å². The summed E-state index contributed by atoms with van der Waals surface area (Å²) >= 11 is 0.945. The number of aliphatic hydroxyl groups excluding tert-OH is 1. The first kappa shape index (κ1) is 63.6. The van der Waals surface area contributed by atoms with Crippen LogP contribution in [-0.2, 0) is 60.8 Å². The van der Waals surface area contributed by atoms with E-state index in [0.29, 0.717) is 37.7 Å². The highest BCUT2D eigenvalue weighted by Gasteiger charge is 2.31. The molecule has 2 atom stereocenters. The zero-order valence-electron chi connectivity index (χ0n) is 46.0. The van der Waals surface area contributed by atoms with E-state index in [1.807, 2.05) is 0 Å². The number of hydrogen-bond donors (Lipinski definition) is 6. The van der Waals surface area contributed by atoms with Crippen LogP contribution in [0.1, 0.15) is 93.1 Å². The molecular formula is C54H70FN12O14S+. The zero-order chi connectivity index (χ0) is 59.0. The standard InChI is InChI=1S/C54H69FN12O14S/c1-35(2)49(59-46(70)18-23-78-25-27-80-29-30-81-28-26-79-24-19-56-45(69)17-20-65-47(71)15-16-48(65)72)53(75)57-36(3)51(73)58-40-11-9-37(10-12-40)33-64-34-39(38-7-5-4-6-8-38)31-43(55)50(64)60-52(74)42-32-41(67(76)77)13-14-44(42)82-54-61-62-63-66(54)21-22-68/h9-16,31-32,34-36,38,49,68H,4-8,17-30,33H2,1-3H3,(H4,56,57,58,59,69,70,73,75)/p+1/t36-,49-/m0/s1. The summed E-state index contributed by atoms with van der Waals surface area (Å²) in [6.07, 6.45) is 8.92. The zero-order valence-corrected chi connectivity index (χ0v) is 46.8. The molecule has 0 saturated heterocycles. The number of imide groups is 1. The lowest BCUT2D eigenvalue weighted by atomic mass is 9.85. The molecule has 3 heterocycles. The Balaban J connectivity index is 0.916. The molecule has 0 radical (unpaired) electrons. The second-order valence-corrected chi connectivity index (χ2v) is 20.5. The number of nitro groups is 1. The van der Waals surface area contributed by atoms with Crippen molar-refractivity contribution in [2.24, 2.45) is 5.92 Å². The van der Waals surface area contributed by atoms with E-state index in [1.54, 1.807) is 48.9 Å². The highest BCUT2D eigenvalue weighted by atomic mass is 32.2. The number of amides is 7. The Bertz CT molecular complexity index is 2870. The van der Waals surface area contributed by atoms with Crippen LogP contribution in [0.25, 0.3) is 0 Å². The molecule has 82 heavy (non-hydrogen) atoms. The van der Waals surface area contributed by atoms with Crippen LogP contribution in [0.15, 0.2) is 76.9 Å². The van der Waals surface area contributed by atoms with Crippen LogP contribution in [0, 0.1) is 21.8 Å². The number of hydrogen-bond acceptors (Lipinski definition) is 18. The topological polar surface area (TPSA) is 331 Å². The van der Waals surface area contributed by atoms with Crippen LogP contribution in [0.3, 0.4) is 0 Å². The molecule has 0 unspecified atom stereocenters. The summed E-state index contributed by atoms with van der Waals surface area (Å²) in [5.41, 5.74) is 1.32. The number of rotatable bonds is 34. The third-order valence-electron chi connectivity index (χ3n) is 13.1. The second kappa shape index (κ2) is 32.7. The van der Waals surface area contributed by atoms with Gasteiger partial charge in [-0.3, -0.25) is 43.8 Å². The summed E-state index contributed by atoms with van der Waals surface area (Å²) < 4.78 is 41.2. The highest BCUT2D eigenvalue weighted by molar-refractivity contribution is 7.99. The minimum absolute atomic E-state index is 0.000661. The van der Waals surface area contributed by atoms with Crippen molar-refractivity contribution in [2.75, 3.05) is 83.2 Å². The fraction of sp³-hybridized carbons (Fsp3) is 0.500. The number of nitrogens with zero attached hydrogens (tertiary/aromatic N) is 7. The first-order chi connectivity index (χ1) is 39.5. The van der Waals surface area contributed by atoms with Crippen molar-refractivity contribution < 1.29 is 71.5 Å². The maximum Gasteiger partial charge on any atom is 0.340 e. The molecule has 1 aliphatic carbocycles. The molecule has 1 saturated carbocycles. The van der Waals surface area contributed by atoms with E-state index in [-0.39, 0.29) is 117 Å². The summed E-state index contributed by atoms with van der Waals surface area (Å²) in [5, 5.41) is 46.4. The molecule has 1 aliphatic heterocycles. The molecule has 26 nitrogen and oxygen atoms in total. The van der Waals surface area contributed by atoms with Gasteiger partial charge in [0.05, 0.1) is 82.7 Å². The molecule has 2 aromatic carbocycles. The summed E-state index contributed by atoms with van der Waals surface area (Å²) in [6, 6.07) is 9.87. The SMILES string of the molecule is CC(C)[C@H](NC(=O)CCOCCOCCOCCOCCNC(=O)CCN1C(=O)C=CC1=O)C(=O)N[C@@H](C)C(=O)Nc1ccc(C[n+]2cc(C3CCCCC3)cc(F)c2NC(=O)c2cc([N+](=O)[O-])ccc2Sc2nnnn2CCO)cc1. The van der Waals surface area contributed by atoms with E-state index in [4.69, 9.17) is 18.9 Å². The molecule has 7 amide bonds. The lowest BCUT2D eigenvalue weighted by Gasteiger charge is -2.24. The number of tetrazole rings is 1. The van der Waals surface area contributed by atoms with Crippen molar-refractivity contribution in [2.45, 2.75) is 107 Å². The lowest BCUT2D eigenvalue weighted by Crippen LogP contribution is -2.53. The van der Waals surface area contributed by atoms with Gasteiger partial charge in [-0.15, -0.1) is 5.10 Å². The Morgan fingerprint density at radius 1 is 0.817 bits per heavy atom. The van der Waals surface area contributed by atoms with Gasteiger partial charge in [0.25, 0.3) is 17.5 Å². The third kappa shape index (κ3) is 19.8. The lowest BCUT2D eigenvalue weighted by molar-refractivity contribution is -0.675. The number of ether oxygens (including phenoxy) is 4. The van der Waals surface area contributed by atoms with Crippen LogP contribution >= 0.6 is 11.8 Å². The fourth-order valence-corrected chi connectivity index (χ4v) is 9.56. The van der Waals surface area contributed by atoms with Gasteiger partial charge in [-0.1, -0.05) is 45.2 Å². The molecule has 28 heteroatoms. The van der Waals surface area contributed by atoms with Gasteiger partial charge in [-0.25, -0.2) is 19.4 Å². The number of aromatic nitrogens is 5. The molecule has 1 fully saturated rings. The Kier molecular flexibility index (Phi) is 25.4. The number of carbonyl (C=O) groups excluding carboxylic acids is 7. The quantitative estimate of drug-likeness (QED) is 0.0129. The summed E-state index contributed by atoms with van der Waals surface area (Å²) in [4.78, 5) is 101. The predicted octanol–water partition coefficient (Wildman–Crippen LogP) is 2.97. The summed E-state index contributed by atoms with van der Waals surface area (Å²) in [6.45, 7) is 7.19. The van der Waals surface area contributed by atoms with E-state index >= 15 is 4.39 Å². The van der Waals surface area contributed by atoms with Crippen LogP contribution in [0.2, 0.25) is 0 Å². The maximum absolute atomic E-state index is 16.4. The molecule has 6 N–H and O–H groups in total. The number of anilines is 2. The van der Waals surface area contributed by atoms with E-state index in [1.165, 1.54) is 42.0 Å². The monoisotopic (exact) mass is 1160 g/mol. The van der Waals surface area contributed by atoms with Gasteiger partial charge in [0.15, 0.2) is 0 Å². The molecular weight excluding hydrogens is 1090 g/mol. The molecule has 0 spiro atoms. The molecule has 4 aromatic rings. The van der Waals surface area contributed by atoms with Gasteiger partial charge < -0.3 is 45.3 Å². The maximum atomic E-state index is 16.4. The molecule has 2 aliphatic rings. The van der Waals surface area contributed by atoms with Gasteiger partial charge >= 0.3 is 11.7 Å². The van der Waals surface area contributed by atoms with E-state index in [0.717, 1.165) is 60.4 Å². The number of benzene rings is 2. The van der Waals surface area contributed by atoms with Crippen molar-refractivity contribution in [3.8, 4) is 0 Å². The van der Waals surface area contributed by atoms with E-state index < -0.39 is 58.3 Å². The normalized spacial score (nSPS) is 14.2. The largest absolute Gasteiger partial charge is 0.394 e. The van der Waals surface area contributed by atoms with Crippen LogP contribution < -0.4 is 31.2 Å². The van der Waals surface area contributed by atoms with Gasteiger partial charge in [0.1, 0.15) is 18.6 Å². The minimum Gasteiger partial charge on any atom is -0.394 e. The van der Waals surface area contributed by atoms with Crippen LogP contribution in [-0.4, -0.2) is 161 Å². The number of aliphatic hydroxyl groups is 1. The van der Waals surface area contributed by atoms with E-state index in [2.05, 4.69) is 42.1 Å². The minimum atomic E-state index is -1.01. The number of nitro benzene ring substituents is 1. The Hall–Kier alpha value is -7.63. The molecule has 2 aromatic heterocycles. The van der Waals surface area contributed by atoms with Gasteiger partial charge in [-0.05, 0) is 89.2 Å². The number of halogens is 1. The van der Waals surface area contributed by atoms with Gasteiger partial charge in [-0.2, -0.15) is 4.39 Å². The Morgan fingerprint density at radius 3 is 2.12 bits per heavy atom. The van der Waals surface area contributed by atoms with E-state index in [9.17, 15) is 48.8 Å². The second-order valence-electron chi connectivity index (χ2n) is 19.5. The van der Waals surface area contributed by atoms with Gasteiger partial charge in [0, 0.05) is 60.8 Å². The average molecular weight is 1160 g/mol. The number of non-ortho nitro benzene ring substituents is 1. The Morgan fingerprint density at radius 2 is 1.48 bits per heavy atom. The number of pyridine rings is 1. The smallest absolute Gasteiger partial charge is 0.340 e. The van der Waals surface area contributed by atoms with Crippen LogP contribution in [0.4, 0.5) is 21.6 Å². The summed E-state index contributed by atoms with van der Waals surface area (Å²) in [7, 11) is 0. The fourth-order valence-electron chi connectivity index (χ4n) is 8.66. The van der Waals surface area contributed by atoms with Crippen LogP contribution in [0.5, 0.6) is 0 Å². The highest BCUT2D eigenvalue weighted by Crippen LogP contribution is 2.34. The molecule has 6 rings (SSSR count). The molecule has 442 valence electrons. The number of nitrogens with one attached hydrogen (secondary N) is 5. The first-order valence-electron chi connectivity index (χ1n) is 27.0. The Labute approximate surface area is 476 Å². The van der Waals surface area contributed by atoms with Crippen molar-refractivity contribution in [1.82, 2.24) is 41.1 Å². The summed E-state index contributed by atoms with van der Waals surface area (Å²) in [5.74, 6) is -4.63. The molecule has 0 bridgehead atoms. The van der Waals surface area contributed by atoms with Crippen molar-refractivity contribution in [3.63, 3.8) is 0 Å². The number of carbonyl (C=O) groups is 7. The predicted molar refractivity (Wildman–Crippen MR) is 292 cm³/mol. The third-order valence-corrected chi connectivity index (χ3v) is 14.1. The van der Waals surface area contributed by atoms with Crippen molar-refractivity contribution >= 4 is 70.3 Å². The van der Waals surface area contributed by atoms with Gasteiger partial charge in [0.2, 0.25) is 34.6 Å². The van der Waals surface area contributed by atoms with Crippen molar-refractivity contribution in [3.05, 3.63) is 99.5 Å².